The minimum absolute atomic E-state index is 0.326. The van der Waals surface area contributed by atoms with Crippen LogP contribution in [0.25, 0.3) is 0 Å². The molecule has 4 nitrogen and oxygen atoms in total. The lowest BCUT2D eigenvalue weighted by molar-refractivity contribution is 0.00157. The number of ether oxygens (including phenoxy) is 1. The molecule has 0 amide bonds. The number of nitriles is 1. The number of nitrogens with zero attached hydrogens (tertiary/aromatic N) is 3. The zero-order chi connectivity index (χ0) is 13.9. The molecular weight excluding hydrogens is 238 g/mol. The second-order valence-electron chi connectivity index (χ2n) is 6.37. The SMILES string of the molecule is COC1CCCC(N2CCN(C(C)(C)C#N)CC2)C1. The van der Waals surface area contributed by atoms with Crippen LogP contribution in [0.15, 0.2) is 0 Å². The van der Waals surface area contributed by atoms with Crippen molar-refractivity contribution in [2.24, 2.45) is 0 Å². The van der Waals surface area contributed by atoms with E-state index in [2.05, 4.69) is 15.9 Å². The lowest BCUT2D eigenvalue weighted by Gasteiger charge is -2.45. The summed E-state index contributed by atoms with van der Waals surface area (Å²) in [5.74, 6) is 0. The minimum atomic E-state index is -0.326. The van der Waals surface area contributed by atoms with Crippen LogP contribution in [0, 0.1) is 11.3 Å². The molecule has 1 saturated carbocycles. The number of piperazine rings is 1. The molecule has 0 bridgehead atoms. The van der Waals surface area contributed by atoms with E-state index < -0.39 is 0 Å². The van der Waals surface area contributed by atoms with Gasteiger partial charge >= 0.3 is 0 Å². The van der Waals surface area contributed by atoms with Gasteiger partial charge in [-0.3, -0.25) is 9.80 Å². The molecule has 0 aromatic heterocycles. The minimum Gasteiger partial charge on any atom is -0.381 e. The van der Waals surface area contributed by atoms with Crippen LogP contribution in [0.5, 0.6) is 0 Å². The Hall–Kier alpha value is -0.630. The molecular formula is C15H27N3O. The Morgan fingerprint density at radius 2 is 1.84 bits per heavy atom. The van der Waals surface area contributed by atoms with Crippen molar-refractivity contribution in [3.8, 4) is 6.07 Å². The molecule has 1 saturated heterocycles. The maximum absolute atomic E-state index is 9.21. The van der Waals surface area contributed by atoms with Gasteiger partial charge in [-0.2, -0.15) is 5.26 Å². The largest absolute Gasteiger partial charge is 0.381 e. The van der Waals surface area contributed by atoms with Gasteiger partial charge < -0.3 is 4.74 Å². The van der Waals surface area contributed by atoms with Crippen LogP contribution in [0.3, 0.4) is 0 Å². The molecule has 0 N–H and O–H groups in total. The second-order valence-corrected chi connectivity index (χ2v) is 6.37. The Kier molecular flexibility index (Phi) is 4.83. The fourth-order valence-electron chi connectivity index (χ4n) is 3.38. The van der Waals surface area contributed by atoms with E-state index in [4.69, 9.17) is 4.74 Å². The quantitative estimate of drug-likeness (QED) is 0.781. The van der Waals surface area contributed by atoms with Crippen LogP contribution in [0.4, 0.5) is 0 Å². The molecule has 2 fully saturated rings. The van der Waals surface area contributed by atoms with E-state index in [1.165, 1.54) is 25.7 Å². The molecule has 0 spiro atoms. The molecule has 0 radical (unpaired) electrons. The first kappa shape index (κ1) is 14.8. The molecule has 2 unspecified atom stereocenters. The fourth-order valence-corrected chi connectivity index (χ4v) is 3.38. The van der Waals surface area contributed by atoms with Crippen molar-refractivity contribution in [3.05, 3.63) is 0 Å². The summed E-state index contributed by atoms with van der Waals surface area (Å²) in [6.07, 6.45) is 5.44. The lowest BCUT2D eigenvalue weighted by Crippen LogP contribution is -2.56. The van der Waals surface area contributed by atoms with Gasteiger partial charge in [0, 0.05) is 39.3 Å². The molecule has 19 heavy (non-hydrogen) atoms. The third-order valence-electron chi connectivity index (χ3n) is 4.83. The number of methoxy groups -OCH3 is 1. The van der Waals surface area contributed by atoms with Gasteiger partial charge in [-0.1, -0.05) is 0 Å². The highest BCUT2D eigenvalue weighted by molar-refractivity contribution is 5.03. The molecule has 1 aliphatic carbocycles. The normalized spacial score (nSPS) is 31.1. The van der Waals surface area contributed by atoms with Crippen molar-refractivity contribution in [2.75, 3.05) is 33.3 Å². The Labute approximate surface area is 117 Å². The Balaban J connectivity index is 1.85. The van der Waals surface area contributed by atoms with E-state index in [1.807, 2.05) is 21.0 Å². The van der Waals surface area contributed by atoms with Gasteiger partial charge in [0.05, 0.1) is 12.2 Å². The zero-order valence-electron chi connectivity index (χ0n) is 12.6. The second kappa shape index (κ2) is 6.21. The molecule has 2 aliphatic rings. The fraction of sp³-hybridized carbons (Fsp3) is 0.933. The third-order valence-corrected chi connectivity index (χ3v) is 4.83. The summed E-state index contributed by atoms with van der Waals surface area (Å²) in [7, 11) is 1.83. The van der Waals surface area contributed by atoms with Gasteiger partial charge in [0.25, 0.3) is 0 Å². The summed E-state index contributed by atoms with van der Waals surface area (Å²) < 4.78 is 5.52. The summed E-state index contributed by atoms with van der Waals surface area (Å²) in [5, 5.41) is 9.21. The predicted molar refractivity (Wildman–Crippen MR) is 75.9 cm³/mol. The van der Waals surface area contributed by atoms with Crippen LogP contribution in [0.1, 0.15) is 39.5 Å². The van der Waals surface area contributed by atoms with E-state index in [1.54, 1.807) is 0 Å². The molecule has 2 rings (SSSR count). The van der Waals surface area contributed by atoms with Crippen molar-refractivity contribution >= 4 is 0 Å². The highest BCUT2D eigenvalue weighted by atomic mass is 16.5. The Morgan fingerprint density at radius 3 is 2.42 bits per heavy atom. The van der Waals surface area contributed by atoms with Gasteiger partial charge in [0.2, 0.25) is 0 Å². The number of rotatable bonds is 3. The first-order chi connectivity index (χ1) is 9.06. The van der Waals surface area contributed by atoms with E-state index in [9.17, 15) is 5.26 Å². The summed E-state index contributed by atoms with van der Waals surface area (Å²) >= 11 is 0. The van der Waals surface area contributed by atoms with Crippen molar-refractivity contribution in [1.82, 2.24) is 9.80 Å². The molecule has 1 heterocycles. The monoisotopic (exact) mass is 265 g/mol. The standard InChI is InChI=1S/C15H27N3O/c1-15(2,12-16)18-9-7-17(8-10-18)13-5-4-6-14(11-13)19-3/h13-14H,4-11H2,1-3H3. The van der Waals surface area contributed by atoms with Gasteiger partial charge in [0.15, 0.2) is 0 Å². The van der Waals surface area contributed by atoms with Crippen LogP contribution in [-0.2, 0) is 4.74 Å². The average Bonchev–Trinajstić information content (AvgIpc) is 2.47. The lowest BCUT2D eigenvalue weighted by atomic mass is 9.91. The summed E-state index contributed by atoms with van der Waals surface area (Å²) in [6, 6.07) is 3.10. The average molecular weight is 265 g/mol. The summed E-state index contributed by atoms with van der Waals surface area (Å²) in [4.78, 5) is 4.91. The molecule has 0 aromatic carbocycles. The third kappa shape index (κ3) is 3.47. The van der Waals surface area contributed by atoms with E-state index in [0.717, 1.165) is 26.2 Å². The maximum Gasteiger partial charge on any atom is 0.103 e. The number of hydrogen-bond donors (Lipinski definition) is 0. The Morgan fingerprint density at radius 1 is 1.16 bits per heavy atom. The smallest absolute Gasteiger partial charge is 0.103 e. The van der Waals surface area contributed by atoms with Crippen LogP contribution < -0.4 is 0 Å². The van der Waals surface area contributed by atoms with Gasteiger partial charge in [-0.25, -0.2) is 0 Å². The number of hydrogen-bond acceptors (Lipinski definition) is 4. The highest BCUT2D eigenvalue weighted by Crippen LogP contribution is 2.26. The predicted octanol–water partition coefficient (Wildman–Crippen LogP) is 1.86. The van der Waals surface area contributed by atoms with Crippen molar-refractivity contribution < 1.29 is 4.74 Å². The van der Waals surface area contributed by atoms with Gasteiger partial charge in [-0.05, 0) is 39.5 Å². The van der Waals surface area contributed by atoms with Crippen molar-refractivity contribution in [2.45, 2.75) is 57.2 Å². The first-order valence-corrected chi connectivity index (χ1v) is 7.50. The van der Waals surface area contributed by atoms with E-state index in [0.29, 0.717) is 12.1 Å². The summed E-state index contributed by atoms with van der Waals surface area (Å²) in [6.45, 7) is 8.23. The van der Waals surface area contributed by atoms with Gasteiger partial charge in [-0.15, -0.1) is 0 Å². The molecule has 0 aromatic rings. The Bertz CT molecular complexity index is 329. The van der Waals surface area contributed by atoms with Crippen LogP contribution in [0.2, 0.25) is 0 Å². The topological polar surface area (TPSA) is 39.5 Å². The van der Waals surface area contributed by atoms with Crippen LogP contribution >= 0.6 is 0 Å². The zero-order valence-corrected chi connectivity index (χ0v) is 12.6. The molecule has 2 atom stereocenters. The van der Waals surface area contributed by atoms with Crippen molar-refractivity contribution in [1.29, 1.82) is 5.26 Å². The molecule has 1 aliphatic heterocycles. The van der Waals surface area contributed by atoms with E-state index >= 15 is 0 Å². The first-order valence-electron chi connectivity index (χ1n) is 7.50. The highest BCUT2D eigenvalue weighted by Gasteiger charge is 2.33. The molecule has 108 valence electrons. The summed E-state index contributed by atoms with van der Waals surface area (Å²) in [5.41, 5.74) is -0.326. The van der Waals surface area contributed by atoms with E-state index in [-0.39, 0.29) is 5.54 Å². The van der Waals surface area contributed by atoms with Gasteiger partial charge in [0.1, 0.15) is 5.54 Å². The van der Waals surface area contributed by atoms with Crippen LogP contribution in [-0.4, -0.2) is 60.8 Å². The molecule has 4 heteroatoms. The van der Waals surface area contributed by atoms with Crippen molar-refractivity contribution in [3.63, 3.8) is 0 Å². The maximum atomic E-state index is 9.21.